The van der Waals surface area contributed by atoms with Gasteiger partial charge in [-0.15, -0.1) is 0 Å². The first-order valence-electron chi connectivity index (χ1n) is 6.22. The van der Waals surface area contributed by atoms with E-state index in [1.54, 1.807) is 28.8 Å². The summed E-state index contributed by atoms with van der Waals surface area (Å²) in [6.07, 6.45) is 3.25. The van der Waals surface area contributed by atoms with Crippen LogP contribution in [0.5, 0.6) is 5.75 Å². The molecule has 5 nitrogen and oxygen atoms in total. The minimum atomic E-state index is -0.973. The molecule has 6 heteroatoms. The van der Waals surface area contributed by atoms with E-state index in [0.29, 0.717) is 22.1 Å². The average molecular weight is 303 g/mol. The van der Waals surface area contributed by atoms with E-state index in [4.69, 9.17) is 21.4 Å². The summed E-state index contributed by atoms with van der Waals surface area (Å²) >= 11 is 6.01. The molecule has 0 spiro atoms. The number of hydrogen-bond acceptors (Lipinski definition) is 3. The van der Waals surface area contributed by atoms with E-state index >= 15 is 0 Å². The maximum absolute atomic E-state index is 10.9. The lowest BCUT2D eigenvalue weighted by molar-refractivity contribution is 0.0696. The number of para-hydroxylation sites is 1. The lowest BCUT2D eigenvalue weighted by Crippen LogP contribution is -1.97. The molecular formula is C15H11ClN2O3. The first-order valence-corrected chi connectivity index (χ1v) is 6.59. The predicted octanol–water partition coefficient (Wildman–Crippen LogP) is 3.26. The smallest absolute Gasteiger partial charge is 0.337 e. The van der Waals surface area contributed by atoms with Gasteiger partial charge < -0.3 is 14.2 Å². The van der Waals surface area contributed by atoms with E-state index in [2.05, 4.69) is 4.98 Å². The molecule has 0 saturated heterocycles. The van der Waals surface area contributed by atoms with Gasteiger partial charge in [0.15, 0.2) is 0 Å². The number of carboxylic acids is 1. The number of pyridine rings is 1. The van der Waals surface area contributed by atoms with Crippen LogP contribution in [-0.4, -0.2) is 20.5 Å². The van der Waals surface area contributed by atoms with E-state index in [-0.39, 0.29) is 12.2 Å². The summed E-state index contributed by atoms with van der Waals surface area (Å²) in [6.45, 7) is 0.258. The van der Waals surface area contributed by atoms with Crippen molar-refractivity contribution in [2.45, 2.75) is 6.61 Å². The number of hydrogen-bond donors (Lipinski definition) is 1. The number of carbonyl (C=O) groups is 1. The summed E-state index contributed by atoms with van der Waals surface area (Å²) in [5, 5.41) is 9.50. The molecule has 1 N–H and O–H groups in total. The molecular weight excluding hydrogens is 292 g/mol. The van der Waals surface area contributed by atoms with E-state index in [9.17, 15) is 4.79 Å². The molecule has 0 amide bonds. The molecule has 106 valence electrons. The molecule has 0 atom stereocenters. The monoisotopic (exact) mass is 302 g/mol. The quantitative estimate of drug-likeness (QED) is 0.803. The van der Waals surface area contributed by atoms with E-state index < -0.39 is 5.97 Å². The number of imidazole rings is 1. The number of ether oxygens (including phenoxy) is 1. The van der Waals surface area contributed by atoms with Gasteiger partial charge in [-0.2, -0.15) is 0 Å². The zero-order valence-electron chi connectivity index (χ0n) is 10.9. The van der Waals surface area contributed by atoms with Crippen molar-refractivity contribution < 1.29 is 14.6 Å². The van der Waals surface area contributed by atoms with Gasteiger partial charge in [-0.05, 0) is 24.3 Å². The van der Waals surface area contributed by atoms with Crippen molar-refractivity contribution in [2.24, 2.45) is 0 Å². The standard InChI is InChI=1S/C15H11ClN2O3/c16-12-3-1-2-4-13(12)21-9-11-8-18-7-10(15(19)20)5-6-14(18)17-11/h1-8H,9H2,(H,19,20). The third-order valence-electron chi connectivity index (χ3n) is 2.96. The van der Waals surface area contributed by atoms with Gasteiger partial charge in [0, 0.05) is 12.4 Å². The van der Waals surface area contributed by atoms with Gasteiger partial charge in [-0.3, -0.25) is 0 Å². The molecule has 0 aliphatic rings. The largest absolute Gasteiger partial charge is 0.486 e. The molecule has 2 aromatic heterocycles. The van der Waals surface area contributed by atoms with Crippen LogP contribution < -0.4 is 4.74 Å². The fourth-order valence-corrected chi connectivity index (χ4v) is 2.14. The van der Waals surface area contributed by atoms with Crippen molar-refractivity contribution in [2.75, 3.05) is 0 Å². The molecule has 0 aliphatic heterocycles. The van der Waals surface area contributed by atoms with Crippen LogP contribution in [-0.2, 0) is 6.61 Å². The van der Waals surface area contributed by atoms with Crippen LogP contribution in [0.1, 0.15) is 16.1 Å². The zero-order chi connectivity index (χ0) is 14.8. The second-order valence-electron chi connectivity index (χ2n) is 4.44. The molecule has 1 aromatic carbocycles. The first-order chi connectivity index (χ1) is 10.1. The minimum Gasteiger partial charge on any atom is -0.486 e. The van der Waals surface area contributed by atoms with Crippen LogP contribution in [0.3, 0.4) is 0 Å². The Balaban J connectivity index is 1.82. The second-order valence-corrected chi connectivity index (χ2v) is 4.85. The molecule has 0 fully saturated rings. The summed E-state index contributed by atoms with van der Waals surface area (Å²) in [7, 11) is 0. The molecule has 21 heavy (non-hydrogen) atoms. The van der Waals surface area contributed by atoms with Crippen LogP contribution in [0, 0.1) is 0 Å². The van der Waals surface area contributed by atoms with Crippen LogP contribution in [0.25, 0.3) is 5.65 Å². The molecule has 0 aliphatic carbocycles. The molecule has 0 unspecified atom stereocenters. The number of aromatic carboxylic acids is 1. The average Bonchev–Trinajstić information content (AvgIpc) is 2.88. The van der Waals surface area contributed by atoms with Crippen molar-refractivity contribution in [1.82, 2.24) is 9.38 Å². The zero-order valence-corrected chi connectivity index (χ0v) is 11.6. The Labute approximate surface area is 125 Å². The third kappa shape index (κ3) is 2.83. The number of carboxylic acid groups (broad SMARTS) is 1. The number of benzene rings is 1. The first kappa shape index (κ1) is 13.5. The third-order valence-corrected chi connectivity index (χ3v) is 3.27. The topological polar surface area (TPSA) is 63.8 Å². The van der Waals surface area contributed by atoms with Crippen LogP contribution in [0.4, 0.5) is 0 Å². The molecule has 0 bridgehead atoms. The highest BCUT2D eigenvalue weighted by atomic mass is 35.5. The van der Waals surface area contributed by atoms with Gasteiger partial charge in [-0.1, -0.05) is 23.7 Å². The molecule has 0 radical (unpaired) electrons. The van der Waals surface area contributed by atoms with Crippen molar-refractivity contribution >= 4 is 23.2 Å². The van der Waals surface area contributed by atoms with Gasteiger partial charge >= 0.3 is 5.97 Å². The Morgan fingerprint density at radius 2 is 2.05 bits per heavy atom. The highest BCUT2D eigenvalue weighted by molar-refractivity contribution is 6.32. The molecule has 2 heterocycles. The van der Waals surface area contributed by atoms with Crippen molar-refractivity contribution in [3.63, 3.8) is 0 Å². The second kappa shape index (κ2) is 5.46. The van der Waals surface area contributed by atoms with Crippen molar-refractivity contribution in [3.05, 3.63) is 65.1 Å². The molecule has 3 aromatic rings. The molecule has 3 rings (SSSR count). The Morgan fingerprint density at radius 3 is 2.81 bits per heavy atom. The number of halogens is 1. The summed E-state index contributed by atoms with van der Waals surface area (Å²) in [5.41, 5.74) is 1.56. The van der Waals surface area contributed by atoms with Crippen LogP contribution in [0.15, 0.2) is 48.8 Å². The summed E-state index contributed by atoms with van der Waals surface area (Å²) in [4.78, 5) is 15.3. The summed E-state index contributed by atoms with van der Waals surface area (Å²) in [6, 6.07) is 10.4. The number of nitrogens with zero attached hydrogens (tertiary/aromatic N) is 2. The van der Waals surface area contributed by atoms with E-state index in [1.165, 1.54) is 12.3 Å². The lowest BCUT2D eigenvalue weighted by atomic mass is 10.3. The number of rotatable bonds is 4. The van der Waals surface area contributed by atoms with Gasteiger partial charge in [0.1, 0.15) is 18.0 Å². The number of fused-ring (bicyclic) bond motifs is 1. The Hall–Kier alpha value is -2.53. The van der Waals surface area contributed by atoms with Crippen LogP contribution in [0.2, 0.25) is 5.02 Å². The predicted molar refractivity (Wildman–Crippen MR) is 77.9 cm³/mol. The highest BCUT2D eigenvalue weighted by Gasteiger charge is 2.07. The van der Waals surface area contributed by atoms with E-state index in [0.717, 1.165) is 0 Å². The fraction of sp³-hybridized carbons (Fsp3) is 0.0667. The Kier molecular flexibility index (Phi) is 3.50. The maximum atomic E-state index is 10.9. The van der Waals surface area contributed by atoms with Gasteiger partial charge in [0.05, 0.1) is 16.3 Å². The van der Waals surface area contributed by atoms with Crippen LogP contribution >= 0.6 is 11.6 Å². The summed E-state index contributed by atoms with van der Waals surface area (Å²) < 4.78 is 7.27. The molecule has 0 saturated carbocycles. The normalized spacial score (nSPS) is 10.7. The highest BCUT2D eigenvalue weighted by Crippen LogP contribution is 2.24. The van der Waals surface area contributed by atoms with Crippen molar-refractivity contribution in [1.29, 1.82) is 0 Å². The van der Waals surface area contributed by atoms with Gasteiger partial charge in [-0.25, -0.2) is 9.78 Å². The van der Waals surface area contributed by atoms with Crippen molar-refractivity contribution in [3.8, 4) is 5.75 Å². The SMILES string of the molecule is O=C(O)c1ccc2nc(COc3ccccc3Cl)cn2c1. The maximum Gasteiger partial charge on any atom is 0.337 e. The van der Waals surface area contributed by atoms with Gasteiger partial charge in [0.2, 0.25) is 0 Å². The van der Waals surface area contributed by atoms with Gasteiger partial charge in [0.25, 0.3) is 0 Å². The Morgan fingerprint density at radius 1 is 1.24 bits per heavy atom. The van der Waals surface area contributed by atoms with E-state index in [1.807, 2.05) is 12.1 Å². The minimum absolute atomic E-state index is 0.207. The fourth-order valence-electron chi connectivity index (χ4n) is 1.95. The summed E-state index contributed by atoms with van der Waals surface area (Å²) in [5.74, 6) is -0.387. The Bertz CT molecular complexity index is 814. The lowest BCUT2D eigenvalue weighted by Gasteiger charge is -2.05. The number of aromatic nitrogens is 2.